The number of aromatic nitrogens is 2. The van der Waals surface area contributed by atoms with Crippen LogP contribution in [0.4, 0.5) is 8.78 Å². The van der Waals surface area contributed by atoms with Gasteiger partial charge in [-0.2, -0.15) is 0 Å². The Kier molecular flexibility index (Phi) is 5.46. The first-order valence-electron chi connectivity index (χ1n) is 9.19. The van der Waals surface area contributed by atoms with Gasteiger partial charge in [-0.25, -0.2) is 13.8 Å². The number of Topliss-reactive ketones (excluding diaryl/α,β-unsaturated/α-hetero) is 1. The zero-order valence-electron chi connectivity index (χ0n) is 15.9. The Morgan fingerprint density at radius 3 is 2.40 bits per heavy atom. The third-order valence-corrected chi connectivity index (χ3v) is 5.67. The molecule has 0 saturated carbocycles. The molecule has 150 valence electrons. The van der Waals surface area contributed by atoms with E-state index in [9.17, 15) is 18.4 Å². The van der Waals surface area contributed by atoms with Crippen molar-refractivity contribution in [3.8, 4) is 5.69 Å². The molecule has 0 aliphatic carbocycles. The summed E-state index contributed by atoms with van der Waals surface area (Å²) in [5, 5.41) is 0.122. The van der Waals surface area contributed by atoms with Crippen LogP contribution in [-0.2, 0) is 0 Å². The van der Waals surface area contributed by atoms with E-state index in [-0.39, 0.29) is 16.9 Å². The summed E-state index contributed by atoms with van der Waals surface area (Å²) in [6.45, 7) is 1.64. The standard InChI is InChI=1S/C23H16F2N2O2S/c1-14(21(28)15-11-12-18(24)19(25)13-15)30-23-26-20-10-6-5-9-17(20)22(29)27(23)16-7-3-2-4-8-16/h2-14H,1H3. The Morgan fingerprint density at radius 1 is 0.967 bits per heavy atom. The molecule has 1 atom stereocenters. The molecular formula is C23H16F2N2O2S. The van der Waals surface area contributed by atoms with Crippen LogP contribution in [0, 0.1) is 11.6 Å². The van der Waals surface area contributed by atoms with Gasteiger partial charge in [-0.1, -0.05) is 42.1 Å². The summed E-state index contributed by atoms with van der Waals surface area (Å²) in [5.74, 6) is -2.48. The summed E-state index contributed by atoms with van der Waals surface area (Å²) in [5.41, 5.74) is 0.949. The maximum atomic E-state index is 13.6. The van der Waals surface area contributed by atoms with Crippen molar-refractivity contribution >= 4 is 28.4 Å². The maximum Gasteiger partial charge on any atom is 0.266 e. The van der Waals surface area contributed by atoms with Crippen molar-refractivity contribution in [2.45, 2.75) is 17.3 Å². The molecule has 4 aromatic rings. The van der Waals surface area contributed by atoms with Crippen LogP contribution in [0.3, 0.4) is 0 Å². The average molecular weight is 422 g/mol. The summed E-state index contributed by atoms with van der Waals surface area (Å²) >= 11 is 1.09. The van der Waals surface area contributed by atoms with Crippen LogP contribution in [0.1, 0.15) is 17.3 Å². The van der Waals surface area contributed by atoms with Crippen LogP contribution in [0.5, 0.6) is 0 Å². The van der Waals surface area contributed by atoms with Gasteiger partial charge in [-0.3, -0.25) is 14.2 Å². The Labute approximate surface area is 175 Å². The molecule has 0 radical (unpaired) electrons. The van der Waals surface area contributed by atoms with Crippen molar-refractivity contribution in [2.75, 3.05) is 0 Å². The predicted octanol–water partition coefficient (Wildman–Crippen LogP) is 5.03. The molecule has 1 heterocycles. The molecular weight excluding hydrogens is 406 g/mol. The van der Waals surface area contributed by atoms with E-state index in [1.807, 2.05) is 6.07 Å². The largest absolute Gasteiger partial charge is 0.293 e. The molecule has 0 saturated heterocycles. The van der Waals surface area contributed by atoms with Gasteiger partial charge in [-0.15, -0.1) is 0 Å². The second-order valence-corrected chi connectivity index (χ2v) is 7.95. The molecule has 4 nitrogen and oxygen atoms in total. The number of hydrogen-bond acceptors (Lipinski definition) is 4. The second kappa shape index (κ2) is 8.20. The van der Waals surface area contributed by atoms with Gasteiger partial charge in [0.15, 0.2) is 22.6 Å². The molecule has 1 aromatic heterocycles. The molecule has 0 amide bonds. The fourth-order valence-corrected chi connectivity index (χ4v) is 4.10. The quantitative estimate of drug-likeness (QED) is 0.257. The Balaban J connectivity index is 1.78. The first kappa shape index (κ1) is 20.0. The third kappa shape index (κ3) is 3.76. The molecule has 0 fully saturated rings. The average Bonchev–Trinajstić information content (AvgIpc) is 2.76. The number of halogens is 2. The number of carbonyl (C=O) groups is 1. The number of para-hydroxylation sites is 2. The Hall–Kier alpha value is -3.32. The molecule has 0 aliphatic rings. The summed E-state index contributed by atoms with van der Waals surface area (Å²) in [4.78, 5) is 30.6. The summed E-state index contributed by atoms with van der Waals surface area (Å²) in [6.07, 6.45) is 0. The molecule has 0 N–H and O–H groups in total. The van der Waals surface area contributed by atoms with Crippen molar-refractivity contribution < 1.29 is 13.6 Å². The number of thioether (sulfide) groups is 1. The molecule has 1 unspecified atom stereocenters. The number of nitrogens with zero attached hydrogens (tertiary/aromatic N) is 2. The summed E-state index contributed by atoms with van der Waals surface area (Å²) < 4.78 is 28.2. The number of benzene rings is 3. The molecule has 0 aliphatic heterocycles. The molecule has 30 heavy (non-hydrogen) atoms. The number of ketones is 1. The van der Waals surface area contributed by atoms with E-state index in [0.717, 1.165) is 23.9 Å². The van der Waals surface area contributed by atoms with E-state index < -0.39 is 16.9 Å². The lowest BCUT2D eigenvalue weighted by Gasteiger charge is -2.16. The van der Waals surface area contributed by atoms with E-state index in [1.165, 1.54) is 10.6 Å². The van der Waals surface area contributed by atoms with Gasteiger partial charge in [-0.05, 0) is 49.4 Å². The van der Waals surface area contributed by atoms with Crippen LogP contribution >= 0.6 is 11.8 Å². The molecule has 7 heteroatoms. The first-order valence-corrected chi connectivity index (χ1v) is 10.1. The highest BCUT2D eigenvalue weighted by molar-refractivity contribution is 8.00. The van der Waals surface area contributed by atoms with Gasteiger partial charge < -0.3 is 0 Å². The highest BCUT2D eigenvalue weighted by atomic mass is 32.2. The Bertz CT molecular complexity index is 1310. The zero-order chi connectivity index (χ0) is 21.3. The smallest absolute Gasteiger partial charge is 0.266 e. The van der Waals surface area contributed by atoms with Gasteiger partial charge in [0.1, 0.15) is 0 Å². The van der Waals surface area contributed by atoms with Gasteiger partial charge >= 0.3 is 0 Å². The van der Waals surface area contributed by atoms with Crippen LogP contribution in [0.2, 0.25) is 0 Å². The highest BCUT2D eigenvalue weighted by Gasteiger charge is 2.22. The minimum absolute atomic E-state index is 0.0586. The van der Waals surface area contributed by atoms with Gasteiger partial charge in [0.2, 0.25) is 0 Å². The van der Waals surface area contributed by atoms with Crippen molar-refractivity contribution in [2.24, 2.45) is 0 Å². The fourth-order valence-electron chi connectivity index (χ4n) is 3.09. The van der Waals surface area contributed by atoms with E-state index in [2.05, 4.69) is 4.98 Å². The van der Waals surface area contributed by atoms with Gasteiger partial charge in [0.05, 0.1) is 21.8 Å². The number of hydrogen-bond donors (Lipinski definition) is 0. The normalized spacial score (nSPS) is 12.1. The highest BCUT2D eigenvalue weighted by Crippen LogP contribution is 2.27. The predicted molar refractivity (Wildman–Crippen MR) is 113 cm³/mol. The van der Waals surface area contributed by atoms with Gasteiger partial charge in [0, 0.05) is 5.56 Å². The van der Waals surface area contributed by atoms with Crippen molar-refractivity contribution in [3.63, 3.8) is 0 Å². The van der Waals surface area contributed by atoms with Crippen LogP contribution in [-0.4, -0.2) is 20.6 Å². The topological polar surface area (TPSA) is 52.0 Å². The van der Waals surface area contributed by atoms with Crippen molar-refractivity contribution in [3.05, 3.63) is 100 Å². The SMILES string of the molecule is CC(Sc1nc2ccccc2c(=O)n1-c1ccccc1)C(=O)c1ccc(F)c(F)c1. The number of carbonyl (C=O) groups excluding carboxylic acids is 1. The maximum absolute atomic E-state index is 13.6. The minimum atomic E-state index is -1.08. The molecule has 4 rings (SSSR count). The molecule has 0 bridgehead atoms. The van der Waals surface area contributed by atoms with Crippen molar-refractivity contribution in [1.29, 1.82) is 0 Å². The van der Waals surface area contributed by atoms with E-state index in [4.69, 9.17) is 0 Å². The molecule has 0 spiro atoms. The zero-order valence-corrected chi connectivity index (χ0v) is 16.7. The molecule has 3 aromatic carbocycles. The first-order chi connectivity index (χ1) is 14.5. The lowest BCUT2D eigenvalue weighted by molar-refractivity contribution is 0.0993. The Morgan fingerprint density at radius 2 is 1.67 bits per heavy atom. The second-order valence-electron chi connectivity index (χ2n) is 6.64. The van der Waals surface area contributed by atoms with Crippen LogP contribution in [0.15, 0.2) is 82.7 Å². The van der Waals surface area contributed by atoms with Gasteiger partial charge in [0.25, 0.3) is 5.56 Å². The fraction of sp³-hybridized carbons (Fsp3) is 0.0870. The van der Waals surface area contributed by atoms with Crippen LogP contribution < -0.4 is 5.56 Å². The van der Waals surface area contributed by atoms with E-state index in [1.54, 1.807) is 55.5 Å². The van der Waals surface area contributed by atoms with E-state index in [0.29, 0.717) is 21.7 Å². The van der Waals surface area contributed by atoms with Crippen LogP contribution in [0.25, 0.3) is 16.6 Å². The monoisotopic (exact) mass is 422 g/mol. The lowest BCUT2D eigenvalue weighted by Crippen LogP contribution is -2.23. The number of fused-ring (bicyclic) bond motifs is 1. The lowest BCUT2D eigenvalue weighted by atomic mass is 10.1. The van der Waals surface area contributed by atoms with E-state index >= 15 is 0 Å². The van der Waals surface area contributed by atoms with Crippen molar-refractivity contribution in [1.82, 2.24) is 9.55 Å². The summed E-state index contributed by atoms with van der Waals surface area (Å²) in [6, 6.07) is 19.1. The third-order valence-electron chi connectivity index (χ3n) is 4.61. The summed E-state index contributed by atoms with van der Waals surface area (Å²) in [7, 11) is 0. The minimum Gasteiger partial charge on any atom is -0.293 e. The number of rotatable bonds is 5.